The average molecular weight is 369 g/mol. The van der Waals surface area contributed by atoms with Gasteiger partial charge in [0.15, 0.2) is 5.70 Å². The van der Waals surface area contributed by atoms with E-state index in [0.29, 0.717) is 12.5 Å². The smallest absolute Gasteiger partial charge is 0.363 e. The summed E-state index contributed by atoms with van der Waals surface area (Å²) >= 11 is 0. The molecule has 0 saturated carbocycles. The Morgan fingerprint density at radius 1 is 0.929 bits per heavy atom. The van der Waals surface area contributed by atoms with E-state index in [2.05, 4.69) is 36.2 Å². The fourth-order valence-corrected chi connectivity index (χ4v) is 2.78. The van der Waals surface area contributed by atoms with Gasteiger partial charge in [0.2, 0.25) is 5.90 Å². The number of nitrogens with zero attached hydrogens (tertiary/aromatic N) is 1. The van der Waals surface area contributed by atoms with Crippen molar-refractivity contribution in [2.24, 2.45) is 4.99 Å². The molecule has 0 spiro atoms. The molecule has 0 N–H and O–H groups in total. The molecule has 0 aromatic heterocycles. The second-order valence-electron chi connectivity index (χ2n) is 6.55. The van der Waals surface area contributed by atoms with Gasteiger partial charge >= 0.3 is 5.97 Å². The fraction of sp³-hybridized carbons (Fsp3) is 0.0833. The van der Waals surface area contributed by atoms with Crippen molar-refractivity contribution in [2.75, 3.05) is 0 Å². The van der Waals surface area contributed by atoms with E-state index in [1.165, 1.54) is 5.56 Å². The van der Waals surface area contributed by atoms with E-state index < -0.39 is 5.97 Å². The number of carbonyl (C=O) groups excluding carboxylic acids is 1. The first kappa shape index (κ1) is 17.7. The van der Waals surface area contributed by atoms with Crippen LogP contribution in [0.5, 0.6) is 5.75 Å². The first-order chi connectivity index (χ1) is 13.7. The largest absolute Gasteiger partial charge is 0.489 e. The molecule has 1 aliphatic rings. The van der Waals surface area contributed by atoms with Gasteiger partial charge in [0.25, 0.3) is 0 Å². The third-order valence-corrected chi connectivity index (χ3v) is 4.35. The van der Waals surface area contributed by atoms with E-state index in [9.17, 15) is 4.79 Å². The Labute approximate surface area is 163 Å². The zero-order valence-electron chi connectivity index (χ0n) is 15.5. The number of carbonyl (C=O) groups is 1. The topological polar surface area (TPSA) is 47.9 Å². The number of cyclic esters (lactones) is 1. The summed E-state index contributed by atoms with van der Waals surface area (Å²) < 4.78 is 11.1. The molecule has 3 aromatic rings. The van der Waals surface area contributed by atoms with Gasteiger partial charge in [-0.25, -0.2) is 9.79 Å². The molecule has 0 atom stereocenters. The zero-order chi connectivity index (χ0) is 19.3. The van der Waals surface area contributed by atoms with Crippen LogP contribution < -0.4 is 4.74 Å². The van der Waals surface area contributed by atoms with Crippen LogP contribution in [0.1, 0.15) is 22.3 Å². The molecule has 0 aliphatic carbocycles. The van der Waals surface area contributed by atoms with Crippen LogP contribution in [0, 0.1) is 6.92 Å². The van der Waals surface area contributed by atoms with Crippen LogP contribution >= 0.6 is 0 Å². The van der Waals surface area contributed by atoms with Crippen molar-refractivity contribution in [1.29, 1.82) is 0 Å². The number of hydrogen-bond donors (Lipinski definition) is 0. The van der Waals surface area contributed by atoms with Crippen LogP contribution in [0.2, 0.25) is 0 Å². The predicted molar refractivity (Wildman–Crippen MR) is 109 cm³/mol. The van der Waals surface area contributed by atoms with E-state index >= 15 is 0 Å². The van der Waals surface area contributed by atoms with Crippen molar-refractivity contribution in [3.8, 4) is 5.75 Å². The summed E-state index contributed by atoms with van der Waals surface area (Å²) in [7, 11) is 0. The van der Waals surface area contributed by atoms with Gasteiger partial charge < -0.3 is 9.47 Å². The molecule has 0 unspecified atom stereocenters. The fourth-order valence-electron chi connectivity index (χ4n) is 2.78. The summed E-state index contributed by atoms with van der Waals surface area (Å²) in [5.74, 6) is 0.652. The maximum Gasteiger partial charge on any atom is 0.363 e. The van der Waals surface area contributed by atoms with Crippen LogP contribution in [0.25, 0.3) is 6.08 Å². The lowest BCUT2D eigenvalue weighted by Crippen LogP contribution is -2.04. The predicted octanol–water partition coefficient (Wildman–Crippen LogP) is 4.92. The molecule has 0 amide bonds. The third kappa shape index (κ3) is 4.18. The average Bonchev–Trinajstić information content (AvgIpc) is 3.10. The van der Waals surface area contributed by atoms with Crippen LogP contribution in [-0.2, 0) is 16.1 Å². The van der Waals surface area contributed by atoms with Crippen molar-refractivity contribution >= 4 is 17.9 Å². The lowest BCUT2D eigenvalue weighted by atomic mass is 10.1. The first-order valence-corrected chi connectivity index (χ1v) is 9.04. The van der Waals surface area contributed by atoms with Gasteiger partial charge in [0.05, 0.1) is 0 Å². The Morgan fingerprint density at radius 2 is 1.64 bits per heavy atom. The number of esters is 1. The molecule has 0 saturated heterocycles. The normalized spacial score (nSPS) is 14.7. The van der Waals surface area contributed by atoms with Gasteiger partial charge in [-0.1, -0.05) is 60.2 Å². The minimum absolute atomic E-state index is 0.284. The molecule has 138 valence electrons. The van der Waals surface area contributed by atoms with E-state index in [1.54, 1.807) is 6.08 Å². The number of ether oxygens (including phenoxy) is 2. The van der Waals surface area contributed by atoms with Crippen LogP contribution in [0.15, 0.2) is 89.6 Å². The van der Waals surface area contributed by atoms with Crippen LogP contribution in [0.4, 0.5) is 0 Å². The monoisotopic (exact) mass is 369 g/mol. The Morgan fingerprint density at radius 3 is 2.36 bits per heavy atom. The number of rotatable bonds is 5. The van der Waals surface area contributed by atoms with Gasteiger partial charge in [-0.15, -0.1) is 0 Å². The van der Waals surface area contributed by atoms with Crippen molar-refractivity contribution in [2.45, 2.75) is 13.5 Å². The molecule has 0 fully saturated rings. The van der Waals surface area contributed by atoms with Crippen molar-refractivity contribution < 1.29 is 14.3 Å². The summed E-state index contributed by atoms with van der Waals surface area (Å²) in [5.41, 5.74) is 4.26. The summed E-state index contributed by atoms with van der Waals surface area (Å²) in [6, 6.07) is 25.2. The van der Waals surface area contributed by atoms with Crippen LogP contribution in [0.3, 0.4) is 0 Å². The van der Waals surface area contributed by atoms with Gasteiger partial charge in [0, 0.05) is 5.56 Å². The molecule has 0 radical (unpaired) electrons. The molecule has 1 aliphatic heterocycles. The highest BCUT2D eigenvalue weighted by Gasteiger charge is 2.23. The Kier molecular flexibility index (Phi) is 5.02. The molecular formula is C24H19NO3. The Bertz CT molecular complexity index is 1030. The highest BCUT2D eigenvalue weighted by atomic mass is 16.6. The van der Waals surface area contributed by atoms with E-state index in [-0.39, 0.29) is 5.70 Å². The maximum absolute atomic E-state index is 12.1. The highest BCUT2D eigenvalue weighted by Crippen LogP contribution is 2.21. The molecule has 4 rings (SSSR count). The van der Waals surface area contributed by atoms with Gasteiger partial charge in [-0.2, -0.15) is 0 Å². The quantitative estimate of drug-likeness (QED) is 0.474. The van der Waals surface area contributed by atoms with Gasteiger partial charge in [-0.3, -0.25) is 0 Å². The second-order valence-corrected chi connectivity index (χ2v) is 6.55. The van der Waals surface area contributed by atoms with Crippen molar-refractivity contribution in [3.63, 3.8) is 0 Å². The zero-order valence-corrected chi connectivity index (χ0v) is 15.5. The third-order valence-electron chi connectivity index (χ3n) is 4.35. The number of aliphatic imine (C=N–C) groups is 1. The summed E-state index contributed by atoms with van der Waals surface area (Å²) in [5, 5.41) is 0. The second kappa shape index (κ2) is 7.92. The minimum atomic E-state index is -0.446. The SMILES string of the molecule is Cc1ccc(COc2ccc(/C=C3/N=C(c4ccccc4)OC3=O)cc2)cc1. The Balaban J connectivity index is 1.44. The van der Waals surface area contributed by atoms with E-state index in [1.807, 2.05) is 54.6 Å². The number of hydrogen-bond acceptors (Lipinski definition) is 4. The van der Waals surface area contributed by atoms with Crippen molar-refractivity contribution in [1.82, 2.24) is 0 Å². The number of benzene rings is 3. The maximum atomic E-state index is 12.1. The lowest BCUT2D eigenvalue weighted by Gasteiger charge is -2.07. The summed E-state index contributed by atoms with van der Waals surface area (Å²) in [4.78, 5) is 16.4. The highest BCUT2D eigenvalue weighted by molar-refractivity contribution is 6.12. The first-order valence-electron chi connectivity index (χ1n) is 9.04. The minimum Gasteiger partial charge on any atom is -0.489 e. The van der Waals surface area contributed by atoms with Crippen LogP contribution in [-0.4, -0.2) is 11.9 Å². The Hall–Kier alpha value is -3.66. The lowest BCUT2D eigenvalue weighted by molar-refractivity contribution is -0.129. The standard InChI is InChI=1S/C24H19NO3/c1-17-7-9-19(10-8-17)16-27-21-13-11-18(12-14-21)15-22-24(26)28-23(25-22)20-5-3-2-4-6-20/h2-15H,16H2,1H3/b22-15+. The molecule has 28 heavy (non-hydrogen) atoms. The molecule has 4 nitrogen and oxygen atoms in total. The van der Waals surface area contributed by atoms with Crippen molar-refractivity contribution in [3.05, 3.63) is 107 Å². The van der Waals surface area contributed by atoms with E-state index in [0.717, 1.165) is 22.4 Å². The molecule has 0 bridgehead atoms. The van der Waals surface area contributed by atoms with Gasteiger partial charge in [0.1, 0.15) is 12.4 Å². The summed E-state index contributed by atoms with van der Waals surface area (Å²) in [6.45, 7) is 2.57. The molecular weight excluding hydrogens is 350 g/mol. The molecule has 4 heteroatoms. The van der Waals surface area contributed by atoms with Gasteiger partial charge in [-0.05, 0) is 48.4 Å². The number of aryl methyl sites for hydroxylation is 1. The molecule has 1 heterocycles. The molecule has 3 aromatic carbocycles. The van der Waals surface area contributed by atoms with E-state index in [4.69, 9.17) is 9.47 Å². The summed E-state index contributed by atoms with van der Waals surface area (Å²) in [6.07, 6.45) is 1.71.